The Hall–Kier alpha value is -2.60. The fourth-order valence-electron chi connectivity index (χ4n) is 2.85. The molecule has 2 N–H and O–H groups in total. The third-order valence-corrected chi connectivity index (χ3v) is 4.49. The molecule has 6 nitrogen and oxygen atoms in total. The molecule has 1 aliphatic rings. The van der Waals surface area contributed by atoms with Crippen molar-refractivity contribution in [1.29, 1.82) is 0 Å². The van der Waals surface area contributed by atoms with E-state index in [4.69, 9.17) is 9.94 Å². The Morgan fingerprint density at radius 2 is 2.04 bits per heavy atom. The number of allylic oxidation sites excluding steroid dienone is 2. The van der Waals surface area contributed by atoms with Crippen LogP contribution in [0.4, 0.5) is 0 Å². The van der Waals surface area contributed by atoms with Gasteiger partial charge in [0.15, 0.2) is 0 Å². The van der Waals surface area contributed by atoms with E-state index in [1.165, 1.54) is 4.90 Å². The van der Waals surface area contributed by atoms with Gasteiger partial charge < -0.3 is 9.64 Å². The molecule has 2 atom stereocenters. The number of nitrogens with zero attached hydrogens (tertiary/aromatic N) is 1. The molecule has 1 aliphatic carbocycles. The first-order valence-corrected chi connectivity index (χ1v) is 8.78. The molecule has 1 unspecified atom stereocenters. The maximum Gasteiger partial charge on any atom is 0.265 e. The SMILES string of the molecule is CCCN(C(=O)C1(C)C=CC(Oc2ccccc2)=CC1)[C@@H](C)C(=O)NO. The zero-order chi connectivity index (χ0) is 19.2. The molecule has 140 valence electrons. The second-order valence-electron chi connectivity index (χ2n) is 6.63. The van der Waals surface area contributed by atoms with Crippen LogP contribution in [0.2, 0.25) is 0 Å². The van der Waals surface area contributed by atoms with Crippen LogP contribution in [-0.4, -0.2) is 34.5 Å². The van der Waals surface area contributed by atoms with Gasteiger partial charge in [-0.25, -0.2) is 5.48 Å². The summed E-state index contributed by atoms with van der Waals surface area (Å²) in [6.45, 7) is 5.82. The maximum atomic E-state index is 13.1. The first-order chi connectivity index (χ1) is 12.4. The van der Waals surface area contributed by atoms with Crippen molar-refractivity contribution in [1.82, 2.24) is 10.4 Å². The highest BCUT2D eigenvalue weighted by Gasteiger charge is 2.38. The Balaban J connectivity index is 2.11. The number of rotatable bonds is 7. The van der Waals surface area contributed by atoms with Gasteiger partial charge in [0, 0.05) is 6.54 Å². The molecule has 0 bridgehead atoms. The van der Waals surface area contributed by atoms with Gasteiger partial charge in [-0.05, 0) is 51.0 Å². The van der Waals surface area contributed by atoms with Crippen LogP contribution < -0.4 is 10.2 Å². The van der Waals surface area contributed by atoms with Gasteiger partial charge in [-0.2, -0.15) is 0 Å². The molecule has 0 spiro atoms. The van der Waals surface area contributed by atoms with E-state index in [0.29, 0.717) is 25.1 Å². The van der Waals surface area contributed by atoms with E-state index >= 15 is 0 Å². The number of ether oxygens (including phenoxy) is 1. The van der Waals surface area contributed by atoms with Crippen molar-refractivity contribution < 1.29 is 19.5 Å². The van der Waals surface area contributed by atoms with Gasteiger partial charge in [0.1, 0.15) is 17.6 Å². The zero-order valence-electron chi connectivity index (χ0n) is 15.4. The monoisotopic (exact) mass is 358 g/mol. The van der Waals surface area contributed by atoms with Gasteiger partial charge >= 0.3 is 0 Å². The maximum absolute atomic E-state index is 13.1. The van der Waals surface area contributed by atoms with E-state index in [1.807, 2.05) is 56.3 Å². The number of benzene rings is 1. The summed E-state index contributed by atoms with van der Waals surface area (Å²) in [5.41, 5.74) is 0.864. The van der Waals surface area contributed by atoms with Crippen LogP contribution in [0.25, 0.3) is 0 Å². The molecule has 0 aliphatic heterocycles. The zero-order valence-corrected chi connectivity index (χ0v) is 15.4. The predicted molar refractivity (Wildman–Crippen MR) is 98.4 cm³/mol. The largest absolute Gasteiger partial charge is 0.458 e. The lowest BCUT2D eigenvalue weighted by atomic mass is 9.81. The van der Waals surface area contributed by atoms with Crippen LogP contribution in [0.3, 0.4) is 0 Å². The van der Waals surface area contributed by atoms with E-state index in [0.717, 1.165) is 5.75 Å². The lowest BCUT2D eigenvalue weighted by molar-refractivity contribution is -0.148. The number of para-hydroxylation sites is 1. The molecule has 26 heavy (non-hydrogen) atoms. The van der Waals surface area contributed by atoms with Crippen LogP contribution in [0.1, 0.15) is 33.6 Å². The Labute approximate surface area is 154 Å². The Kier molecular flexibility index (Phi) is 6.58. The molecule has 0 radical (unpaired) electrons. The molecule has 0 saturated heterocycles. The third-order valence-electron chi connectivity index (χ3n) is 4.49. The highest BCUT2D eigenvalue weighted by atomic mass is 16.5. The first-order valence-electron chi connectivity index (χ1n) is 8.78. The predicted octanol–water partition coefficient (Wildman–Crippen LogP) is 3.05. The van der Waals surface area contributed by atoms with Gasteiger partial charge in [0.05, 0.1) is 5.41 Å². The lowest BCUT2D eigenvalue weighted by Crippen LogP contribution is -2.52. The standard InChI is InChI=1S/C20H26N2O4/c1-4-14-22(15(2)18(23)21-25)19(24)20(3)12-10-17(11-13-20)26-16-8-6-5-7-9-16/h5-12,15,25H,4,13-14H2,1-3H3,(H,21,23)/t15-,20?/m0/s1. The van der Waals surface area contributed by atoms with Gasteiger partial charge in [-0.1, -0.05) is 31.2 Å². The molecule has 0 fully saturated rings. The number of amides is 2. The molecule has 0 aromatic heterocycles. The second kappa shape index (κ2) is 8.67. The van der Waals surface area contributed by atoms with Crippen molar-refractivity contribution in [3.05, 3.63) is 54.3 Å². The van der Waals surface area contributed by atoms with Crippen molar-refractivity contribution in [2.24, 2.45) is 5.41 Å². The number of hydrogen-bond acceptors (Lipinski definition) is 4. The minimum absolute atomic E-state index is 0.151. The Morgan fingerprint density at radius 1 is 1.35 bits per heavy atom. The van der Waals surface area contributed by atoms with Crippen LogP contribution in [0.5, 0.6) is 5.75 Å². The molecule has 0 heterocycles. The molecular formula is C20H26N2O4. The summed E-state index contributed by atoms with van der Waals surface area (Å²) in [7, 11) is 0. The number of carbonyl (C=O) groups is 2. The van der Waals surface area contributed by atoms with E-state index < -0.39 is 17.4 Å². The summed E-state index contributed by atoms with van der Waals surface area (Å²) in [6.07, 6.45) is 6.67. The number of hydrogen-bond donors (Lipinski definition) is 2. The molecule has 2 rings (SSSR count). The molecule has 2 amide bonds. The number of nitrogens with one attached hydrogen (secondary N) is 1. The highest BCUT2D eigenvalue weighted by molar-refractivity contribution is 5.90. The molecule has 6 heteroatoms. The third kappa shape index (κ3) is 4.52. The summed E-state index contributed by atoms with van der Waals surface area (Å²) in [5, 5.41) is 8.88. The van der Waals surface area contributed by atoms with Gasteiger partial charge in [-0.3, -0.25) is 14.8 Å². The van der Waals surface area contributed by atoms with Crippen molar-refractivity contribution in [2.75, 3.05) is 6.54 Å². The topological polar surface area (TPSA) is 78.9 Å². The quantitative estimate of drug-likeness (QED) is 0.580. The van der Waals surface area contributed by atoms with Crippen molar-refractivity contribution in [2.45, 2.75) is 39.7 Å². The molecular weight excluding hydrogens is 332 g/mol. The molecule has 0 saturated carbocycles. The van der Waals surface area contributed by atoms with Gasteiger partial charge in [0.2, 0.25) is 5.91 Å². The summed E-state index contributed by atoms with van der Waals surface area (Å²) in [5.74, 6) is 0.671. The average Bonchev–Trinajstić information content (AvgIpc) is 2.67. The van der Waals surface area contributed by atoms with E-state index in [-0.39, 0.29) is 5.91 Å². The number of hydroxylamine groups is 1. The summed E-state index contributed by atoms with van der Waals surface area (Å²) < 4.78 is 5.79. The van der Waals surface area contributed by atoms with Gasteiger partial charge in [0.25, 0.3) is 5.91 Å². The van der Waals surface area contributed by atoms with Crippen molar-refractivity contribution in [3.8, 4) is 5.75 Å². The van der Waals surface area contributed by atoms with Gasteiger partial charge in [-0.15, -0.1) is 0 Å². The highest BCUT2D eigenvalue weighted by Crippen LogP contribution is 2.33. The van der Waals surface area contributed by atoms with E-state index in [1.54, 1.807) is 18.5 Å². The first kappa shape index (κ1) is 19.7. The van der Waals surface area contributed by atoms with Crippen molar-refractivity contribution >= 4 is 11.8 Å². The fraction of sp³-hybridized carbons (Fsp3) is 0.400. The normalized spacial score (nSPS) is 20.1. The van der Waals surface area contributed by atoms with E-state index in [9.17, 15) is 9.59 Å². The number of carbonyl (C=O) groups excluding carboxylic acids is 2. The Bertz CT molecular complexity index is 699. The van der Waals surface area contributed by atoms with Crippen LogP contribution >= 0.6 is 0 Å². The summed E-state index contributed by atoms with van der Waals surface area (Å²) in [6, 6.07) is 8.69. The minimum atomic E-state index is -0.761. The van der Waals surface area contributed by atoms with Crippen LogP contribution in [0.15, 0.2) is 54.3 Å². The molecule has 1 aromatic rings. The minimum Gasteiger partial charge on any atom is -0.458 e. The van der Waals surface area contributed by atoms with E-state index in [2.05, 4.69) is 0 Å². The fourth-order valence-corrected chi connectivity index (χ4v) is 2.85. The van der Waals surface area contributed by atoms with Crippen molar-refractivity contribution in [3.63, 3.8) is 0 Å². The smallest absolute Gasteiger partial charge is 0.265 e. The average molecular weight is 358 g/mol. The second-order valence-corrected chi connectivity index (χ2v) is 6.63. The van der Waals surface area contributed by atoms with Crippen LogP contribution in [0, 0.1) is 5.41 Å². The summed E-state index contributed by atoms with van der Waals surface area (Å²) in [4.78, 5) is 26.4. The lowest BCUT2D eigenvalue weighted by Gasteiger charge is -2.36. The summed E-state index contributed by atoms with van der Waals surface area (Å²) >= 11 is 0. The Morgan fingerprint density at radius 3 is 2.58 bits per heavy atom. The van der Waals surface area contributed by atoms with Crippen LogP contribution in [-0.2, 0) is 9.59 Å². The molecule has 1 aromatic carbocycles.